The van der Waals surface area contributed by atoms with Crippen molar-refractivity contribution in [2.75, 3.05) is 0 Å². The number of nitriles is 1. The van der Waals surface area contributed by atoms with E-state index < -0.39 is 0 Å². The predicted octanol–water partition coefficient (Wildman–Crippen LogP) is 4.30. The quantitative estimate of drug-likeness (QED) is 0.699. The summed E-state index contributed by atoms with van der Waals surface area (Å²) in [6, 6.07) is 16.5. The smallest absolute Gasteiger partial charge is 0.152 e. The summed E-state index contributed by atoms with van der Waals surface area (Å²) in [7, 11) is 0. The molecule has 3 heteroatoms. The number of hydrogen-bond acceptors (Lipinski definition) is 2. The van der Waals surface area contributed by atoms with E-state index in [0.29, 0.717) is 11.6 Å². The van der Waals surface area contributed by atoms with Gasteiger partial charge in [-0.1, -0.05) is 44.2 Å². The molecule has 0 unspecified atom stereocenters. The molecule has 0 aliphatic rings. The van der Waals surface area contributed by atoms with E-state index in [1.54, 1.807) is 0 Å². The van der Waals surface area contributed by atoms with Gasteiger partial charge < -0.3 is 0 Å². The van der Waals surface area contributed by atoms with E-state index in [4.69, 9.17) is 0 Å². The van der Waals surface area contributed by atoms with Crippen molar-refractivity contribution in [2.45, 2.75) is 26.7 Å². The van der Waals surface area contributed by atoms with E-state index >= 15 is 0 Å². The Hall–Kier alpha value is -2.60. The van der Waals surface area contributed by atoms with E-state index in [1.165, 1.54) is 5.56 Å². The molecule has 3 nitrogen and oxygen atoms in total. The molecular formula is C18H17N3. The van der Waals surface area contributed by atoms with Gasteiger partial charge >= 0.3 is 0 Å². The molecule has 104 valence electrons. The van der Waals surface area contributed by atoms with Crippen LogP contribution in [0.3, 0.4) is 0 Å². The van der Waals surface area contributed by atoms with Crippen LogP contribution in [-0.4, -0.2) is 9.38 Å². The molecule has 1 aromatic carbocycles. The zero-order valence-electron chi connectivity index (χ0n) is 12.5. The number of pyridine rings is 1. The number of aromatic nitrogens is 2. The van der Waals surface area contributed by atoms with E-state index in [-0.39, 0.29) is 0 Å². The number of aryl methyl sites for hydroxylation is 1. The Morgan fingerprint density at radius 1 is 1.10 bits per heavy atom. The third kappa shape index (κ3) is 2.19. The first kappa shape index (κ1) is 13.4. The van der Waals surface area contributed by atoms with Gasteiger partial charge in [0.15, 0.2) is 5.69 Å². The standard InChI is InChI=1S/C18H17N3/c1-12(2)14-7-9-15(10-8-14)18-16(11-19)21-13(3)5-4-6-17(21)20-18/h4-10,12H,1-3H3. The highest BCUT2D eigenvalue weighted by Gasteiger charge is 2.14. The monoisotopic (exact) mass is 275 g/mol. The molecule has 21 heavy (non-hydrogen) atoms. The average Bonchev–Trinajstić information content (AvgIpc) is 2.87. The predicted molar refractivity (Wildman–Crippen MR) is 84.2 cm³/mol. The van der Waals surface area contributed by atoms with Crippen LogP contribution in [0.25, 0.3) is 16.9 Å². The number of rotatable bonds is 2. The van der Waals surface area contributed by atoms with E-state index in [2.05, 4.69) is 37.0 Å². The van der Waals surface area contributed by atoms with Crippen molar-refractivity contribution >= 4 is 5.65 Å². The summed E-state index contributed by atoms with van der Waals surface area (Å²) in [5, 5.41) is 9.52. The van der Waals surface area contributed by atoms with Gasteiger partial charge in [-0.3, -0.25) is 4.40 Å². The Kier molecular flexibility index (Phi) is 3.23. The minimum atomic E-state index is 0.498. The fourth-order valence-electron chi connectivity index (χ4n) is 2.58. The Labute approximate surface area is 124 Å². The molecular weight excluding hydrogens is 258 g/mol. The summed E-state index contributed by atoms with van der Waals surface area (Å²) in [5.41, 5.74) is 5.45. The second-order valence-electron chi connectivity index (χ2n) is 5.56. The molecule has 0 aliphatic carbocycles. The molecule has 0 N–H and O–H groups in total. The Bertz CT molecular complexity index is 833. The average molecular weight is 275 g/mol. The lowest BCUT2D eigenvalue weighted by Crippen LogP contribution is -1.93. The van der Waals surface area contributed by atoms with Gasteiger partial charge in [0.05, 0.1) is 0 Å². The van der Waals surface area contributed by atoms with Gasteiger partial charge in [0.1, 0.15) is 17.4 Å². The maximum Gasteiger partial charge on any atom is 0.152 e. The first-order valence-electron chi connectivity index (χ1n) is 7.10. The lowest BCUT2D eigenvalue weighted by Gasteiger charge is -2.06. The van der Waals surface area contributed by atoms with E-state index in [1.807, 2.05) is 41.7 Å². The molecule has 0 amide bonds. The molecule has 0 saturated carbocycles. The van der Waals surface area contributed by atoms with Crippen molar-refractivity contribution in [3.05, 3.63) is 59.4 Å². The van der Waals surface area contributed by atoms with Crippen molar-refractivity contribution in [2.24, 2.45) is 0 Å². The van der Waals surface area contributed by atoms with Crippen molar-refractivity contribution < 1.29 is 0 Å². The molecule has 0 spiro atoms. The zero-order chi connectivity index (χ0) is 15.0. The lowest BCUT2D eigenvalue weighted by molar-refractivity contribution is 0.867. The van der Waals surface area contributed by atoms with E-state index in [9.17, 15) is 5.26 Å². The van der Waals surface area contributed by atoms with E-state index in [0.717, 1.165) is 22.6 Å². The second-order valence-corrected chi connectivity index (χ2v) is 5.56. The lowest BCUT2D eigenvalue weighted by atomic mass is 10.0. The van der Waals surface area contributed by atoms with Crippen molar-refractivity contribution in [1.82, 2.24) is 9.38 Å². The van der Waals surface area contributed by atoms with Crippen molar-refractivity contribution in [3.63, 3.8) is 0 Å². The number of benzene rings is 1. The van der Waals surface area contributed by atoms with Gasteiger partial charge in [0.2, 0.25) is 0 Å². The molecule has 3 rings (SSSR count). The van der Waals surface area contributed by atoms with Crippen LogP contribution in [0.5, 0.6) is 0 Å². The van der Waals surface area contributed by atoms with Gasteiger partial charge in [-0.2, -0.15) is 5.26 Å². The molecule has 0 bridgehead atoms. The molecule has 0 atom stereocenters. The van der Waals surface area contributed by atoms with Gasteiger partial charge in [-0.25, -0.2) is 4.98 Å². The number of imidazole rings is 1. The third-order valence-electron chi connectivity index (χ3n) is 3.80. The highest BCUT2D eigenvalue weighted by Crippen LogP contribution is 2.26. The Morgan fingerprint density at radius 2 is 1.81 bits per heavy atom. The molecule has 2 heterocycles. The summed E-state index contributed by atoms with van der Waals surface area (Å²) >= 11 is 0. The van der Waals surface area contributed by atoms with Crippen LogP contribution in [-0.2, 0) is 0 Å². The SMILES string of the molecule is Cc1cccc2nc(-c3ccc(C(C)C)cc3)c(C#N)n12. The topological polar surface area (TPSA) is 41.1 Å². The molecule has 2 aromatic heterocycles. The van der Waals surface area contributed by atoms with Crippen LogP contribution < -0.4 is 0 Å². The molecule has 0 radical (unpaired) electrons. The molecule has 3 aromatic rings. The minimum absolute atomic E-state index is 0.498. The summed E-state index contributed by atoms with van der Waals surface area (Å²) < 4.78 is 1.91. The maximum atomic E-state index is 9.52. The summed E-state index contributed by atoms with van der Waals surface area (Å²) in [4.78, 5) is 4.63. The fraction of sp³-hybridized carbons (Fsp3) is 0.222. The van der Waals surface area contributed by atoms with Crippen molar-refractivity contribution in [1.29, 1.82) is 5.26 Å². The molecule has 0 fully saturated rings. The second kappa shape index (κ2) is 5.06. The summed E-state index contributed by atoms with van der Waals surface area (Å²) in [5.74, 6) is 0.498. The van der Waals surface area contributed by atoms with Gasteiger partial charge in [-0.15, -0.1) is 0 Å². The first-order chi connectivity index (χ1) is 10.1. The van der Waals surface area contributed by atoms with Gasteiger partial charge in [0.25, 0.3) is 0 Å². The van der Waals surface area contributed by atoms with Crippen LogP contribution in [0.1, 0.15) is 36.7 Å². The fourth-order valence-corrected chi connectivity index (χ4v) is 2.58. The van der Waals surface area contributed by atoms with Crippen LogP contribution >= 0.6 is 0 Å². The minimum Gasteiger partial charge on any atom is -0.288 e. The third-order valence-corrected chi connectivity index (χ3v) is 3.80. The van der Waals surface area contributed by atoms with Gasteiger partial charge in [0, 0.05) is 11.3 Å². The Balaban J connectivity index is 2.21. The highest BCUT2D eigenvalue weighted by atomic mass is 15.0. The van der Waals surface area contributed by atoms with Crippen molar-refractivity contribution in [3.8, 4) is 17.3 Å². The molecule has 0 aliphatic heterocycles. The largest absolute Gasteiger partial charge is 0.288 e. The first-order valence-corrected chi connectivity index (χ1v) is 7.10. The van der Waals surface area contributed by atoms with Crippen LogP contribution in [0.2, 0.25) is 0 Å². The Morgan fingerprint density at radius 3 is 2.43 bits per heavy atom. The normalized spacial score (nSPS) is 11.0. The van der Waals surface area contributed by atoms with Gasteiger partial charge in [-0.05, 0) is 30.5 Å². The van der Waals surface area contributed by atoms with Crippen LogP contribution in [0.4, 0.5) is 0 Å². The summed E-state index contributed by atoms with van der Waals surface area (Å²) in [6.07, 6.45) is 0. The van der Waals surface area contributed by atoms with Crippen LogP contribution in [0.15, 0.2) is 42.5 Å². The number of fused-ring (bicyclic) bond motifs is 1. The highest BCUT2D eigenvalue weighted by molar-refractivity contribution is 5.70. The zero-order valence-corrected chi connectivity index (χ0v) is 12.5. The van der Waals surface area contributed by atoms with Crippen LogP contribution in [0, 0.1) is 18.3 Å². The maximum absolute atomic E-state index is 9.52. The number of hydrogen-bond donors (Lipinski definition) is 0. The molecule has 0 saturated heterocycles. The summed E-state index contributed by atoms with van der Waals surface area (Å²) in [6.45, 7) is 6.33. The number of nitrogens with zero attached hydrogens (tertiary/aromatic N) is 3.